The van der Waals surface area contributed by atoms with Gasteiger partial charge in [-0.3, -0.25) is 4.79 Å². The summed E-state index contributed by atoms with van der Waals surface area (Å²) in [4.78, 5) is 13.2. The van der Waals surface area contributed by atoms with Crippen LogP contribution in [0.2, 0.25) is 0 Å². The van der Waals surface area contributed by atoms with Crippen LogP contribution in [-0.2, 0) is 4.79 Å². The summed E-state index contributed by atoms with van der Waals surface area (Å²) in [5.41, 5.74) is -0.978. The molecule has 14 heavy (non-hydrogen) atoms. The van der Waals surface area contributed by atoms with Gasteiger partial charge in [0.05, 0.1) is 0 Å². The average molecular weight is 222 g/mol. The lowest BCUT2D eigenvalue weighted by atomic mass is 9.95. The molecule has 0 amide bonds. The Hall–Kier alpha value is -0.280. The predicted molar refractivity (Wildman–Crippen MR) is 58.4 cm³/mol. The van der Waals surface area contributed by atoms with E-state index in [1.165, 1.54) is 19.3 Å². The van der Waals surface area contributed by atoms with Crippen LogP contribution in [0.1, 0.15) is 52.4 Å². The first-order valence-corrected chi connectivity index (χ1v) is 5.56. The quantitative estimate of drug-likeness (QED) is 0.490. The van der Waals surface area contributed by atoms with E-state index >= 15 is 0 Å². The summed E-state index contributed by atoms with van der Waals surface area (Å²) in [6.45, 7) is 3.77. The Morgan fingerprint density at radius 2 is 1.93 bits per heavy atom. The average Bonchev–Trinajstić information content (AvgIpc) is 2.17. The van der Waals surface area contributed by atoms with Crippen LogP contribution in [-0.4, -0.2) is 16.6 Å². The molecule has 0 aliphatic rings. The lowest BCUT2D eigenvalue weighted by Crippen LogP contribution is -2.44. The number of aliphatic carboxylic acids is 1. The van der Waals surface area contributed by atoms with Crippen molar-refractivity contribution >= 4 is 17.7 Å². The molecule has 0 spiro atoms. The van der Waals surface area contributed by atoms with Crippen LogP contribution in [0.25, 0.3) is 0 Å². The van der Waals surface area contributed by atoms with E-state index in [1.807, 2.05) is 0 Å². The number of halogens is 1. The highest BCUT2D eigenvalue weighted by Gasteiger charge is 2.31. The molecule has 0 aliphatic carbocycles. The van der Waals surface area contributed by atoms with Crippen LogP contribution in [0.4, 0.5) is 0 Å². The van der Waals surface area contributed by atoms with Gasteiger partial charge in [0.2, 0.25) is 0 Å². The second-order valence-corrected chi connectivity index (χ2v) is 4.08. The van der Waals surface area contributed by atoms with Gasteiger partial charge >= 0.3 is 5.97 Å². The topological polar surface area (TPSA) is 49.3 Å². The Morgan fingerprint density at radius 3 is 2.36 bits per heavy atom. The number of carboxylic acids is 1. The van der Waals surface area contributed by atoms with E-state index in [-0.39, 0.29) is 0 Å². The fourth-order valence-corrected chi connectivity index (χ4v) is 1.45. The minimum absolute atomic E-state index is 0.579. The van der Waals surface area contributed by atoms with Crippen LogP contribution in [0.5, 0.6) is 0 Å². The fraction of sp³-hybridized carbons (Fsp3) is 0.900. The van der Waals surface area contributed by atoms with Crippen LogP contribution in [0.3, 0.4) is 0 Å². The Labute approximate surface area is 90.9 Å². The highest BCUT2D eigenvalue weighted by atomic mass is 35.5. The summed E-state index contributed by atoms with van der Waals surface area (Å²) in [5, 5.41) is 8.89. The van der Waals surface area contributed by atoms with Crippen molar-refractivity contribution in [3.63, 3.8) is 0 Å². The largest absolute Gasteiger partial charge is 0.480 e. The van der Waals surface area contributed by atoms with Gasteiger partial charge in [0.1, 0.15) is 5.54 Å². The zero-order chi connectivity index (χ0) is 11.0. The van der Waals surface area contributed by atoms with E-state index in [1.54, 1.807) is 6.92 Å². The number of rotatable bonds is 8. The molecule has 0 bridgehead atoms. The predicted octanol–water partition coefficient (Wildman–Crippen LogP) is 2.93. The zero-order valence-electron chi connectivity index (χ0n) is 8.98. The van der Waals surface area contributed by atoms with Crippen molar-refractivity contribution in [2.45, 2.75) is 57.9 Å². The van der Waals surface area contributed by atoms with Gasteiger partial charge in [0.15, 0.2) is 0 Å². The lowest BCUT2D eigenvalue weighted by molar-refractivity contribution is -0.143. The number of carboxylic acid groups (broad SMARTS) is 1. The molecule has 1 atom stereocenters. The van der Waals surface area contributed by atoms with E-state index in [2.05, 4.69) is 11.8 Å². The molecule has 84 valence electrons. The SMILES string of the molecule is CCCCCCCC(C)(NCl)C(=O)O. The molecular weight excluding hydrogens is 202 g/mol. The van der Waals surface area contributed by atoms with Crippen molar-refractivity contribution in [2.75, 3.05) is 0 Å². The van der Waals surface area contributed by atoms with Crippen molar-refractivity contribution < 1.29 is 9.90 Å². The Kier molecular flexibility index (Phi) is 6.93. The summed E-state index contributed by atoms with van der Waals surface area (Å²) in [6, 6.07) is 0. The van der Waals surface area contributed by atoms with Crippen LogP contribution in [0.15, 0.2) is 0 Å². The molecule has 0 saturated carbocycles. The highest BCUT2D eigenvalue weighted by molar-refractivity contribution is 6.15. The smallest absolute Gasteiger partial charge is 0.324 e. The standard InChI is InChI=1S/C10H20ClNO2/c1-3-4-5-6-7-8-10(2,12-11)9(13)14/h12H,3-8H2,1-2H3,(H,13,14). The zero-order valence-corrected chi connectivity index (χ0v) is 9.73. The molecule has 1 unspecified atom stereocenters. The maximum Gasteiger partial charge on any atom is 0.324 e. The van der Waals surface area contributed by atoms with E-state index in [9.17, 15) is 4.79 Å². The summed E-state index contributed by atoms with van der Waals surface area (Å²) >= 11 is 5.41. The van der Waals surface area contributed by atoms with Crippen LogP contribution < -0.4 is 4.84 Å². The minimum Gasteiger partial charge on any atom is -0.480 e. The second kappa shape index (κ2) is 7.07. The van der Waals surface area contributed by atoms with Gasteiger partial charge in [-0.1, -0.05) is 39.0 Å². The molecule has 0 rings (SSSR count). The van der Waals surface area contributed by atoms with Gasteiger partial charge in [-0.05, 0) is 25.1 Å². The van der Waals surface area contributed by atoms with Gasteiger partial charge in [0, 0.05) is 0 Å². The molecule has 4 heteroatoms. The molecule has 2 N–H and O–H groups in total. The van der Waals surface area contributed by atoms with Crippen molar-refractivity contribution in [1.82, 2.24) is 4.84 Å². The fourth-order valence-electron chi connectivity index (χ4n) is 1.28. The van der Waals surface area contributed by atoms with Crippen molar-refractivity contribution in [2.24, 2.45) is 0 Å². The highest BCUT2D eigenvalue weighted by Crippen LogP contribution is 2.16. The van der Waals surface area contributed by atoms with Gasteiger partial charge in [-0.25, -0.2) is 4.84 Å². The molecule has 0 heterocycles. The van der Waals surface area contributed by atoms with E-state index in [0.717, 1.165) is 12.8 Å². The molecule has 0 fully saturated rings. The molecule has 0 radical (unpaired) electrons. The van der Waals surface area contributed by atoms with E-state index in [0.29, 0.717) is 6.42 Å². The van der Waals surface area contributed by atoms with Crippen molar-refractivity contribution in [3.05, 3.63) is 0 Å². The van der Waals surface area contributed by atoms with Gasteiger partial charge in [-0.2, -0.15) is 0 Å². The molecule has 0 aromatic rings. The molecule has 0 aromatic carbocycles. The summed E-state index contributed by atoms with van der Waals surface area (Å²) in [5.74, 6) is -0.886. The Bertz CT molecular complexity index is 176. The van der Waals surface area contributed by atoms with Gasteiger partial charge < -0.3 is 5.11 Å². The molecular formula is C10H20ClNO2. The van der Waals surface area contributed by atoms with E-state index < -0.39 is 11.5 Å². The first kappa shape index (κ1) is 13.7. The maximum atomic E-state index is 10.8. The monoisotopic (exact) mass is 221 g/mol. The van der Waals surface area contributed by atoms with Gasteiger partial charge in [-0.15, -0.1) is 0 Å². The first-order valence-electron chi connectivity index (χ1n) is 5.18. The van der Waals surface area contributed by atoms with Gasteiger partial charge in [0.25, 0.3) is 0 Å². The van der Waals surface area contributed by atoms with Crippen molar-refractivity contribution in [1.29, 1.82) is 0 Å². The molecule has 3 nitrogen and oxygen atoms in total. The third-order valence-corrected chi connectivity index (χ3v) is 2.88. The van der Waals surface area contributed by atoms with Crippen LogP contribution >= 0.6 is 11.8 Å². The maximum absolute atomic E-state index is 10.8. The first-order chi connectivity index (χ1) is 6.56. The summed E-state index contributed by atoms with van der Waals surface area (Å²) < 4.78 is 0. The third-order valence-electron chi connectivity index (χ3n) is 2.46. The number of carbonyl (C=O) groups is 1. The molecule has 0 aliphatic heterocycles. The molecule has 0 saturated heterocycles. The minimum atomic E-state index is -0.978. The number of hydrogen-bond acceptors (Lipinski definition) is 2. The number of unbranched alkanes of at least 4 members (excludes halogenated alkanes) is 4. The lowest BCUT2D eigenvalue weighted by Gasteiger charge is -2.22. The third kappa shape index (κ3) is 4.82. The molecule has 0 aromatic heterocycles. The second-order valence-electron chi connectivity index (χ2n) is 3.90. The normalized spacial score (nSPS) is 15.1. The number of hydrogen-bond donors (Lipinski definition) is 2. The van der Waals surface area contributed by atoms with E-state index in [4.69, 9.17) is 16.9 Å². The summed E-state index contributed by atoms with van der Waals surface area (Å²) in [7, 11) is 0. The summed E-state index contributed by atoms with van der Waals surface area (Å²) in [6.07, 6.45) is 6.16. The number of nitrogens with one attached hydrogen (secondary N) is 1. The van der Waals surface area contributed by atoms with Crippen molar-refractivity contribution in [3.8, 4) is 0 Å². The Balaban J connectivity index is 3.68. The Morgan fingerprint density at radius 1 is 1.36 bits per heavy atom. The van der Waals surface area contributed by atoms with Crippen LogP contribution in [0, 0.1) is 0 Å².